The van der Waals surface area contributed by atoms with Gasteiger partial charge in [0.2, 0.25) is 0 Å². The molecule has 0 amide bonds. The minimum absolute atomic E-state index is 0.0456. The van der Waals surface area contributed by atoms with Crippen molar-refractivity contribution in [3.8, 4) is 0 Å². The van der Waals surface area contributed by atoms with Crippen molar-refractivity contribution < 1.29 is 9.84 Å². The fourth-order valence-electron chi connectivity index (χ4n) is 3.38. The Balaban J connectivity index is 1.77. The van der Waals surface area contributed by atoms with Gasteiger partial charge in [-0.15, -0.1) is 0 Å². The number of nitrogens with one attached hydrogen (secondary N) is 2. The molecular weight excluding hydrogens is 310 g/mol. The number of methoxy groups -OCH3 is 1. The van der Waals surface area contributed by atoms with Crippen LogP contribution in [0.2, 0.25) is 0 Å². The van der Waals surface area contributed by atoms with Gasteiger partial charge in [0.05, 0.1) is 17.7 Å². The summed E-state index contributed by atoms with van der Waals surface area (Å²) in [4.78, 5) is 4.62. The van der Waals surface area contributed by atoms with E-state index in [1.54, 1.807) is 18.9 Å². The van der Waals surface area contributed by atoms with Crippen molar-refractivity contribution in [2.45, 2.75) is 63.8 Å². The third-order valence-corrected chi connectivity index (χ3v) is 6.00. The SMILES string of the molecule is COC1CCC2=C(C1)NC([C@]1(C)CSC(=NC(C)C)N1)C=C2O. The molecule has 0 saturated carbocycles. The van der Waals surface area contributed by atoms with Gasteiger partial charge in [0.25, 0.3) is 0 Å². The summed E-state index contributed by atoms with van der Waals surface area (Å²) in [5, 5.41) is 18.7. The summed E-state index contributed by atoms with van der Waals surface area (Å²) < 4.78 is 5.51. The molecule has 2 aliphatic heterocycles. The second-order valence-corrected chi connectivity index (χ2v) is 8.05. The van der Waals surface area contributed by atoms with Crippen LogP contribution in [0.4, 0.5) is 0 Å². The summed E-state index contributed by atoms with van der Waals surface area (Å²) in [6.45, 7) is 6.35. The Morgan fingerprint density at radius 3 is 2.96 bits per heavy atom. The Morgan fingerprint density at radius 1 is 1.48 bits per heavy atom. The number of amidine groups is 1. The summed E-state index contributed by atoms with van der Waals surface area (Å²) in [5.74, 6) is 1.36. The first-order valence-corrected chi connectivity index (χ1v) is 9.31. The quantitative estimate of drug-likeness (QED) is 0.739. The number of nitrogens with zero attached hydrogens (tertiary/aromatic N) is 1. The summed E-state index contributed by atoms with van der Waals surface area (Å²) in [7, 11) is 1.76. The zero-order chi connectivity index (χ0) is 16.6. The molecule has 1 aliphatic carbocycles. The van der Waals surface area contributed by atoms with E-state index >= 15 is 0 Å². The van der Waals surface area contributed by atoms with Crippen LogP contribution >= 0.6 is 11.8 Å². The number of aliphatic hydroxyl groups is 1. The molecule has 0 aromatic heterocycles. The van der Waals surface area contributed by atoms with E-state index in [1.165, 1.54) is 0 Å². The Hall–Kier alpha value is -1.14. The van der Waals surface area contributed by atoms with Crippen LogP contribution in [0.1, 0.15) is 40.0 Å². The van der Waals surface area contributed by atoms with Gasteiger partial charge in [0.1, 0.15) is 5.76 Å². The van der Waals surface area contributed by atoms with Gasteiger partial charge in [-0.25, -0.2) is 0 Å². The summed E-state index contributed by atoms with van der Waals surface area (Å²) in [6.07, 6.45) is 4.88. The molecule has 0 aromatic rings. The lowest BCUT2D eigenvalue weighted by Crippen LogP contribution is -2.57. The molecule has 0 aromatic carbocycles. The number of rotatable bonds is 3. The lowest BCUT2D eigenvalue weighted by atomic mass is 9.85. The molecule has 6 heteroatoms. The molecule has 3 N–H and O–H groups in total. The van der Waals surface area contributed by atoms with Crippen molar-refractivity contribution in [1.29, 1.82) is 0 Å². The molecule has 1 saturated heterocycles. The zero-order valence-electron chi connectivity index (χ0n) is 14.3. The fraction of sp³-hybridized carbons (Fsp3) is 0.706. The highest BCUT2D eigenvalue weighted by molar-refractivity contribution is 8.14. The molecule has 5 nitrogen and oxygen atoms in total. The van der Waals surface area contributed by atoms with Gasteiger partial charge in [-0.2, -0.15) is 0 Å². The van der Waals surface area contributed by atoms with Gasteiger partial charge in [0, 0.05) is 36.6 Å². The van der Waals surface area contributed by atoms with E-state index in [2.05, 4.69) is 36.4 Å². The fourth-order valence-corrected chi connectivity index (χ4v) is 4.66. The van der Waals surface area contributed by atoms with Crippen molar-refractivity contribution in [2.24, 2.45) is 4.99 Å². The van der Waals surface area contributed by atoms with E-state index in [1.807, 2.05) is 6.08 Å². The maximum atomic E-state index is 10.5. The first-order chi connectivity index (χ1) is 10.9. The number of thioether (sulfide) groups is 1. The predicted octanol–water partition coefficient (Wildman–Crippen LogP) is 2.71. The smallest absolute Gasteiger partial charge is 0.157 e. The van der Waals surface area contributed by atoms with Crippen LogP contribution in [0, 0.1) is 0 Å². The number of hydrogen-bond donors (Lipinski definition) is 3. The first kappa shape index (κ1) is 16.7. The monoisotopic (exact) mass is 337 g/mol. The molecular formula is C17H27N3O2S. The standard InChI is InChI=1S/C17H27N3O2S/c1-10(2)18-16-20-17(3,9-23-16)15-8-14(21)12-6-5-11(22-4)7-13(12)19-15/h8,10-11,15,19,21H,5-7,9H2,1-4H3,(H,18,20)/t11?,15?,17-/m0/s1. The molecule has 2 heterocycles. The van der Waals surface area contributed by atoms with E-state index in [4.69, 9.17) is 4.74 Å². The minimum atomic E-state index is -0.162. The topological polar surface area (TPSA) is 65.9 Å². The van der Waals surface area contributed by atoms with Crippen LogP contribution in [0.5, 0.6) is 0 Å². The number of dihydropyridines is 1. The maximum absolute atomic E-state index is 10.5. The highest BCUT2D eigenvalue weighted by atomic mass is 32.2. The molecule has 0 spiro atoms. The van der Waals surface area contributed by atoms with Crippen LogP contribution in [-0.4, -0.2) is 46.9 Å². The molecule has 2 unspecified atom stereocenters. The number of aliphatic hydroxyl groups excluding tert-OH is 1. The van der Waals surface area contributed by atoms with Gasteiger partial charge in [0.15, 0.2) is 5.17 Å². The summed E-state index contributed by atoms with van der Waals surface area (Å²) >= 11 is 1.75. The molecule has 0 bridgehead atoms. The molecule has 3 rings (SSSR count). The third-order valence-electron chi connectivity index (χ3n) is 4.77. The maximum Gasteiger partial charge on any atom is 0.157 e. The van der Waals surface area contributed by atoms with Crippen LogP contribution in [-0.2, 0) is 4.74 Å². The highest BCUT2D eigenvalue weighted by Crippen LogP contribution is 2.36. The van der Waals surface area contributed by atoms with Gasteiger partial charge in [-0.05, 0) is 39.7 Å². The van der Waals surface area contributed by atoms with E-state index in [-0.39, 0.29) is 23.7 Å². The molecule has 128 valence electrons. The second-order valence-electron chi connectivity index (χ2n) is 7.09. The normalized spacial score (nSPS) is 35.9. The average molecular weight is 337 g/mol. The average Bonchev–Trinajstić information content (AvgIpc) is 2.88. The van der Waals surface area contributed by atoms with Crippen molar-refractivity contribution in [2.75, 3.05) is 12.9 Å². The Bertz CT molecular complexity index is 570. The number of hydrogen-bond acceptors (Lipinski definition) is 5. The number of aliphatic imine (C=N–C) groups is 1. The van der Waals surface area contributed by atoms with Crippen LogP contribution < -0.4 is 10.6 Å². The van der Waals surface area contributed by atoms with Crippen molar-refractivity contribution in [3.63, 3.8) is 0 Å². The molecule has 0 radical (unpaired) electrons. The van der Waals surface area contributed by atoms with Crippen LogP contribution in [0.15, 0.2) is 28.1 Å². The zero-order valence-corrected chi connectivity index (χ0v) is 15.2. The Labute approximate surface area is 142 Å². The van der Waals surface area contributed by atoms with E-state index in [0.717, 1.165) is 41.5 Å². The summed E-state index contributed by atoms with van der Waals surface area (Å²) in [6, 6.07) is 0.329. The number of allylic oxidation sites excluding steroid dienone is 1. The molecule has 3 aliphatic rings. The highest BCUT2D eigenvalue weighted by Gasteiger charge is 2.42. The largest absolute Gasteiger partial charge is 0.508 e. The Kier molecular flexibility index (Phi) is 4.65. The van der Waals surface area contributed by atoms with Gasteiger partial charge in [-0.1, -0.05) is 11.8 Å². The van der Waals surface area contributed by atoms with Gasteiger partial charge >= 0.3 is 0 Å². The summed E-state index contributed by atoms with van der Waals surface area (Å²) in [5.41, 5.74) is 2.03. The molecule has 1 fully saturated rings. The minimum Gasteiger partial charge on any atom is -0.508 e. The van der Waals surface area contributed by atoms with Crippen LogP contribution in [0.25, 0.3) is 0 Å². The second kappa shape index (κ2) is 6.40. The van der Waals surface area contributed by atoms with Crippen molar-refractivity contribution in [3.05, 3.63) is 23.1 Å². The van der Waals surface area contributed by atoms with E-state index in [9.17, 15) is 5.11 Å². The lowest BCUT2D eigenvalue weighted by Gasteiger charge is -2.39. The Morgan fingerprint density at radius 2 is 2.26 bits per heavy atom. The number of ether oxygens (including phenoxy) is 1. The molecule has 3 atom stereocenters. The first-order valence-electron chi connectivity index (χ1n) is 8.32. The van der Waals surface area contributed by atoms with E-state index in [0.29, 0.717) is 5.76 Å². The van der Waals surface area contributed by atoms with Gasteiger partial charge in [-0.3, -0.25) is 4.99 Å². The predicted molar refractivity (Wildman–Crippen MR) is 95.9 cm³/mol. The van der Waals surface area contributed by atoms with Crippen molar-refractivity contribution in [1.82, 2.24) is 10.6 Å². The third kappa shape index (κ3) is 3.38. The van der Waals surface area contributed by atoms with Gasteiger partial charge < -0.3 is 20.5 Å². The lowest BCUT2D eigenvalue weighted by molar-refractivity contribution is 0.0873. The van der Waals surface area contributed by atoms with Crippen LogP contribution in [0.3, 0.4) is 0 Å². The van der Waals surface area contributed by atoms with Crippen molar-refractivity contribution >= 4 is 16.9 Å². The van der Waals surface area contributed by atoms with E-state index < -0.39 is 0 Å². The molecule has 23 heavy (non-hydrogen) atoms.